The molecule has 0 aliphatic carbocycles. The third-order valence-electron chi connectivity index (χ3n) is 6.92. The Kier molecular flexibility index (Phi) is 7.33. The van der Waals surface area contributed by atoms with Crippen LogP contribution >= 0.6 is 0 Å². The molecule has 1 aromatic carbocycles. The van der Waals surface area contributed by atoms with Gasteiger partial charge in [0.1, 0.15) is 11.9 Å². The Bertz CT molecular complexity index is 834. The number of benzene rings is 1. The molecule has 0 unspecified atom stereocenters. The summed E-state index contributed by atoms with van der Waals surface area (Å²) in [4.78, 5) is 43.0. The first-order chi connectivity index (χ1) is 15.5. The maximum atomic E-state index is 13.1. The highest BCUT2D eigenvalue weighted by Gasteiger charge is 2.34. The Morgan fingerprint density at radius 2 is 1.75 bits per heavy atom. The van der Waals surface area contributed by atoms with Crippen molar-refractivity contribution in [2.24, 2.45) is 5.92 Å². The summed E-state index contributed by atoms with van der Waals surface area (Å²) in [7, 11) is 0. The zero-order chi connectivity index (χ0) is 22.5. The minimum Gasteiger partial charge on any atom is -0.490 e. The van der Waals surface area contributed by atoms with Gasteiger partial charge in [-0.1, -0.05) is 12.1 Å². The molecule has 0 saturated carbocycles. The number of carbonyl (C=O) groups is 3. The van der Waals surface area contributed by atoms with Crippen molar-refractivity contribution in [3.63, 3.8) is 0 Å². The molecule has 4 rings (SSSR count). The molecule has 1 aromatic rings. The van der Waals surface area contributed by atoms with E-state index in [1.165, 1.54) is 5.56 Å². The molecule has 3 amide bonds. The van der Waals surface area contributed by atoms with Crippen LogP contribution in [0.4, 0.5) is 0 Å². The van der Waals surface area contributed by atoms with Crippen LogP contribution in [-0.4, -0.2) is 77.8 Å². The summed E-state index contributed by atoms with van der Waals surface area (Å²) >= 11 is 0. The van der Waals surface area contributed by atoms with Gasteiger partial charge < -0.3 is 19.4 Å². The van der Waals surface area contributed by atoms with Crippen molar-refractivity contribution < 1.29 is 19.1 Å². The van der Waals surface area contributed by atoms with Gasteiger partial charge in [0, 0.05) is 65.0 Å². The van der Waals surface area contributed by atoms with Gasteiger partial charge >= 0.3 is 0 Å². The van der Waals surface area contributed by atoms with Gasteiger partial charge in [0.25, 0.3) is 0 Å². The molecule has 0 spiro atoms. The van der Waals surface area contributed by atoms with E-state index in [-0.39, 0.29) is 29.7 Å². The van der Waals surface area contributed by atoms with Crippen LogP contribution in [0.25, 0.3) is 0 Å². The Balaban J connectivity index is 1.22. The average molecular weight is 442 g/mol. The standard InChI is InChI=1S/C25H35N3O4/c1-19-5-2-6-22(17-19)32-21-10-15-27(16-11-21)25(31)20-8-9-24(30)28(18-20)14-4-13-26-12-3-7-23(26)29/h2,5-6,17,20-21H,3-4,7-16,18H2,1H3/t20-/m0/s1. The summed E-state index contributed by atoms with van der Waals surface area (Å²) in [5.74, 6) is 1.30. The van der Waals surface area contributed by atoms with Gasteiger partial charge in [-0.3, -0.25) is 14.4 Å². The number of rotatable bonds is 7. The predicted octanol–water partition coefficient (Wildman–Crippen LogP) is 2.62. The molecule has 3 aliphatic heterocycles. The number of hydrogen-bond donors (Lipinski definition) is 0. The third-order valence-corrected chi connectivity index (χ3v) is 6.92. The van der Waals surface area contributed by atoms with Crippen molar-refractivity contribution in [2.75, 3.05) is 39.3 Å². The molecule has 1 atom stereocenters. The summed E-state index contributed by atoms with van der Waals surface area (Å²) in [5.41, 5.74) is 1.18. The largest absolute Gasteiger partial charge is 0.490 e. The maximum absolute atomic E-state index is 13.1. The third kappa shape index (κ3) is 5.61. The number of amides is 3. The van der Waals surface area contributed by atoms with E-state index in [0.29, 0.717) is 52.0 Å². The Morgan fingerprint density at radius 1 is 1.00 bits per heavy atom. The summed E-state index contributed by atoms with van der Waals surface area (Å²) in [6, 6.07) is 8.09. The highest BCUT2D eigenvalue weighted by atomic mass is 16.5. The van der Waals surface area contributed by atoms with Crippen LogP contribution in [0.3, 0.4) is 0 Å². The number of aryl methyl sites for hydroxylation is 1. The minimum atomic E-state index is -0.115. The van der Waals surface area contributed by atoms with Gasteiger partial charge in [0.2, 0.25) is 17.7 Å². The first kappa shape index (κ1) is 22.6. The topological polar surface area (TPSA) is 70.2 Å². The molecule has 7 nitrogen and oxygen atoms in total. The molecule has 0 radical (unpaired) electrons. The number of carbonyl (C=O) groups excluding carboxylic acids is 3. The predicted molar refractivity (Wildman–Crippen MR) is 121 cm³/mol. The van der Waals surface area contributed by atoms with E-state index in [4.69, 9.17) is 4.74 Å². The zero-order valence-electron chi connectivity index (χ0n) is 19.1. The lowest BCUT2D eigenvalue weighted by Gasteiger charge is -2.38. The summed E-state index contributed by atoms with van der Waals surface area (Å²) in [6.45, 7) is 6.13. The fourth-order valence-electron chi connectivity index (χ4n) is 5.06. The Hall–Kier alpha value is -2.57. The Labute approximate surface area is 190 Å². The summed E-state index contributed by atoms with van der Waals surface area (Å²) in [5, 5.41) is 0. The van der Waals surface area contributed by atoms with Gasteiger partial charge in [0.05, 0.1) is 5.92 Å². The van der Waals surface area contributed by atoms with Crippen LogP contribution < -0.4 is 4.74 Å². The summed E-state index contributed by atoms with van der Waals surface area (Å²) in [6.07, 6.45) is 5.23. The first-order valence-electron chi connectivity index (χ1n) is 12.1. The van der Waals surface area contributed by atoms with Crippen molar-refractivity contribution in [1.82, 2.24) is 14.7 Å². The molecule has 3 aliphatic rings. The molecule has 0 aromatic heterocycles. The van der Waals surface area contributed by atoms with E-state index in [1.807, 2.05) is 32.9 Å². The second-order valence-electron chi connectivity index (χ2n) is 9.37. The quantitative estimate of drug-likeness (QED) is 0.652. The van der Waals surface area contributed by atoms with Crippen molar-refractivity contribution in [3.8, 4) is 5.75 Å². The number of hydrogen-bond acceptors (Lipinski definition) is 4. The first-order valence-corrected chi connectivity index (χ1v) is 12.1. The van der Waals surface area contributed by atoms with Crippen LogP contribution in [0.2, 0.25) is 0 Å². The molecule has 174 valence electrons. The number of ether oxygens (including phenoxy) is 1. The molecular weight excluding hydrogens is 406 g/mol. The lowest BCUT2D eigenvalue weighted by molar-refractivity contribution is -0.144. The second-order valence-corrected chi connectivity index (χ2v) is 9.37. The van der Waals surface area contributed by atoms with Crippen LogP contribution in [-0.2, 0) is 14.4 Å². The number of nitrogens with zero attached hydrogens (tertiary/aromatic N) is 3. The van der Waals surface area contributed by atoms with Crippen molar-refractivity contribution in [2.45, 2.75) is 58.0 Å². The van der Waals surface area contributed by atoms with Crippen molar-refractivity contribution in [3.05, 3.63) is 29.8 Å². The van der Waals surface area contributed by atoms with Gasteiger partial charge in [-0.2, -0.15) is 0 Å². The molecule has 3 saturated heterocycles. The molecule has 3 heterocycles. The van der Waals surface area contributed by atoms with Gasteiger partial charge in [0.15, 0.2) is 0 Å². The van der Waals surface area contributed by atoms with Gasteiger partial charge in [-0.25, -0.2) is 0 Å². The average Bonchev–Trinajstić information content (AvgIpc) is 3.20. The monoisotopic (exact) mass is 441 g/mol. The van der Waals surface area contributed by atoms with E-state index < -0.39 is 0 Å². The Morgan fingerprint density at radius 3 is 2.47 bits per heavy atom. The van der Waals surface area contributed by atoms with E-state index in [1.54, 1.807) is 0 Å². The van der Waals surface area contributed by atoms with Crippen LogP contribution in [0.5, 0.6) is 5.75 Å². The normalized spacial score (nSPS) is 22.5. The van der Waals surface area contributed by atoms with Crippen molar-refractivity contribution in [1.29, 1.82) is 0 Å². The van der Waals surface area contributed by atoms with E-state index in [2.05, 4.69) is 13.0 Å². The number of piperidine rings is 2. The molecule has 32 heavy (non-hydrogen) atoms. The molecule has 3 fully saturated rings. The molecule has 7 heteroatoms. The highest BCUT2D eigenvalue weighted by molar-refractivity contribution is 5.84. The van der Waals surface area contributed by atoms with Crippen LogP contribution in [0.1, 0.15) is 50.5 Å². The van der Waals surface area contributed by atoms with Gasteiger partial charge in [-0.05, 0) is 43.9 Å². The van der Waals surface area contributed by atoms with E-state index in [0.717, 1.165) is 38.0 Å². The lowest BCUT2D eigenvalue weighted by atomic mass is 9.94. The van der Waals surface area contributed by atoms with Crippen LogP contribution in [0.15, 0.2) is 24.3 Å². The van der Waals surface area contributed by atoms with E-state index in [9.17, 15) is 14.4 Å². The van der Waals surface area contributed by atoms with Crippen molar-refractivity contribution >= 4 is 17.7 Å². The molecule has 0 bridgehead atoms. The minimum absolute atomic E-state index is 0.115. The number of likely N-dealkylation sites (tertiary alicyclic amines) is 3. The highest BCUT2D eigenvalue weighted by Crippen LogP contribution is 2.24. The fraction of sp³-hybridized carbons (Fsp3) is 0.640. The van der Waals surface area contributed by atoms with Gasteiger partial charge in [-0.15, -0.1) is 0 Å². The SMILES string of the molecule is Cc1cccc(OC2CCN(C(=O)[C@H]3CCC(=O)N(CCCN4CCCC4=O)C3)CC2)c1. The summed E-state index contributed by atoms with van der Waals surface area (Å²) < 4.78 is 6.12. The van der Waals surface area contributed by atoms with Crippen LogP contribution in [0, 0.1) is 12.8 Å². The van der Waals surface area contributed by atoms with E-state index >= 15 is 0 Å². The lowest BCUT2D eigenvalue weighted by Crippen LogP contribution is -2.50. The fourth-order valence-corrected chi connectivity index (χ4v) is 5.06. The second kappa shape index (κ2) is 10.4. The zero-order valence-corrected chi connectivity index (χ0v) is 19.1. The maximum Gasteiger partial charge on any atom is 0.227 e. The molecule has 0 N–H and O–H groups in total. The smallest absolute Gasteiger partial charge is 0.227 e. The molecular formula is C25H35N3O4.